The lowest BCUT2D eigenvalue weighted by molar-refractivity contribution is 0.0575. The lowest BCUT2D eigenvalue weighted by atomic mass is 10.1. The molecule has 1 aliphatic heterocycles. The van der Waals surface area contributed by atoms with Crippen molar-refractivity contribution < 1.29 is 9.18 Å². The normalized spacial score (nSPS) is 24.8. The molecule has 20 heavy (non-hydrogen) atoms. The minimum absolute atomic E-state index is 0.0873. The molecule has 4 heteroatoms. The molecule has 0 aromatic heterocycles. The fourth-order valence-corrected chi connectivity index (χ4v) is 2.74. The van der Waals surface area contributed by atoms with Crippen LogP contribution in [-0.4, -0.2) is 54.3 Å². The van der Waals surface area contributed by atoms with Crippen molar-refractivity contribution in [2.45, 2.75) is 32.4 Å². The lowest BCUT2D eigenvalue weighted by Gasteiger charge is -2.42. The maximum absolute atomic E-state index is 12.8. The Kier molecular flexibility index (Phi) is 4.89. The third-order valence-corrected chi connectivity index (χ3v) is 4.26. The van der Waals surface area contributed by atoms with Crippen LogP contribution in [0.4, 0.5) is 4.39 Å². The van der Waals surface area contributed by atoms with Crippen molar-refractivity contribution in [3.63, 3.8) is 0 Å². The SMILES string of the molecule is CC1CN(CCC(=O)c2ccc(F)cc2)CC(C)N1C. The van der Waals surface area contributed by atoms with Crippen molar-refractivity contribution in [2.75, 3.05) is 26.7 Å². The van der Waals surface area contributed by atoms with Crippen LogP contribution >= 0.6 is 0 Å². The first kappa shape index (κ1) is 15.1. The smallest absolute Gasteiger partial charge is 0.164 e. The zero-order valence-electron chi connectivity index (χ0n) is 12.5. The summed E-state index contributed by atoms with van der Waals surface area (Å²) in [5.74, 6) is -0.215. The van der Waals surface area contributed by atoms with Gasteiger partial charge in [-0.15, -0.1) is 0 Å². The quantitative estimate of drug-likeness (QED) is 0.790. The van der Waals surface area contributed by atoms with E-state index >= 15 is 0 Å². The van der Waals surface area contributed by atoms with E-state index < -0.39 is 0 Å². The largest absolute Gasteiger partial charge is 0.300 e. The number of likely N-dealkylation sites (N-methyl/N-ethyl adjacent to an activating group) is 1. The molecule has 2 unspecified atom stereocenters. The Morgan fingerprint density at radius 2 is 1.75 bits per heavy atom. The van der Waals surface area contributed by atoms with Gasteiger partial charge in [0.2, 0.25) is 0 Å². The van der Waals surface area contributed by atoms with Crippen LogP contribution in [0.5, 0.6) is 0 Å². The van der Waals surface area contributed by atoms with Crippen molar-refractivity contribution in [3.05, 3.63) is 35.6 Å². The monoisotopic (exact) mass is 278 g/mol. The van der Waals surface area contributed by atoms with E-state index in [1.807, 2.05) is 0 Å². The van der Waals surface area contributed by atoms with Gasteiger partial charge in [0.25, 0.3) is 0 Å². The highest BCUT2D eigenvalue weighted by Gasteiger charge is 2.26. The predicted molar refractivity (Wildman–Crippen MR) is 78.5 cm³/mol. The minimum Gasteiger partial charge on any atom is -0.300 e. The number of ketones is 1. The van der Waals surface area contributed by atoms with Crippen LogP contribution in [0.25, 0.3) is 0 Å². The van der Waals surface area contributed by atoms with Gasteiger partial charge in [0, 0.05) is 43.7 Å². The molecule has 1 heterocycles. The lowest BCUT2D eigenvalue weighted by Crippen LogP contribution is -2.55. The molecule has 0 bridgehead atoms. The van der Waals surface area contributed by atoms with Crippen molar-refractivity contribution in [2.24, 2.45) is 0 Å². The molecule has 0 amide bonds. The average molecular weight is 278 g/mol. The number of benzene rings is 1. The van der Waals surface area contributed by atoms with E-state index in [0.29, 0.717) is 24.1 Å². The second kappa shape index (κ2) is 6.46. The van der Waals surface area contributed by atoms with Crippen LogP contribution in [-0.2, 0) is 0 Å². The van der Waals surface area contributed by atoms with Crippen LogP contribution < -0.4 is 0 Å². The number of rotatable bonds is 4. The van der Waals surface area contributed by atoms with E-state index in [1.54, 1.807) is 12.1 Å². The first-order valence-corrected chi connectivity index (χ1v) is 7.20. The van der Waals surface area contributed by atoms with Crippen LogP contribution in [0, 0.1) is 5.82 Å². The highest BCUT2D eigenvalue weighted by Crippen LogP contribution is 2.14. The van der Waals surface area contributed by atoms with Gasteiger partial charge in [-0.25, -0.2) is 4.39 Å². The van der Waals surface area contributed by atoms with Gasteiger partial charge in [-0.05, 0) is 45.2 Å². The number of halogens is 1. The third kappa shape index (κ3) is 3.64. The Bertz CT molecular complexity index is 448. The molecule has 0 radical (unpaired) electrons. The summed E-state index contributed by atoms with van der Waals surface area (Å²) in [6.45, 7) is 7.20. The number of nitrogens with zero attached hydrogens (tertiary/aromatic N) is 2. The Morgan fingerprint density at radius 3 is 2.30 bits per heavy atom. The molecule has 1 fully saturated rings. The van der Waals surface area contributed by atoms with E-state index in [2.05, 4.69) is 30.7 Å². The maximum atomic E-state index is 12.8. The third-order valence-electron chi connectivity index (χ3n) is 4.26. The van der Waals surface area contributed by atoms with Crippen LogP contribution in [0.2, 0.25) is 0 Å². The standard InChI is InChI=1S/C16H23FN2O/c1-12-10-19(11-13(2)18(12)3)9-8-16(20)14-4-6-15(17)7-5-14/h4-7,12-13H,8-11H2,1-3H3. The first-order valence-electron chi connectivity index (χ1n) is 7.20. The molecule has 2 rings (SSSR count). The van der Waals surface area contributed by atoms with Gasteiger partial charge < -0.3 is 0 Å². The van der Waals surface area contributed by atoms with Crippen molar-refractivity contribution >= 4 is 5.78 Å². The van der Waals surface area contributed by atoms with Crippen LogP contribution in [0.1, 0.15) is 30.6 Å². The molecule has 2 atom stereocenters. The summed E-state index contributed by atoms with van der Waals surface area (Å²) < 4.78 is 12.8. The second-order valence-electron chi connectivity index (χ2n) is 5.80. The van der Waals surface area contributed by atoms with Gasteiger partial charge in [0.15, 0.2) is 5.78 Å². The average Bonchev–Trinajstić information content (AvgIpc) is 2.42. The number of carbonyl (C=O) groups is 1. The topological polar surface area (TPSA) is 23.6 Å². The number of carbonyl (C=O) groups excluding carboxylic acids is 1. The fourth-order valence-electron chi connectivity index (χ4n) is 2.74. The molecule has 0 N–H and O–H groups in total. The maximum Gasteiger partial charge on any atom is 0.164 e. The summed E-state index contributed by atoms with van der Waals surface area (Å²) in [7, 11) is 2.15. The van der Waals surface area contributed by atoms with Gasteiger partial charge in [-0.3, -0.25) is 14.6 Å². The van der Waals surface area contributed by atoms with E-state index in [-0.39, 0.29) is 11.6 Å². The van der Waals surface area contributed by atoms with E-state index in [4.69, 9.17) is 0 Å². The molecular formula is C16H23FN2O. The summed E-state index contributed by atoms with van der Waals surface area (Å²) in [5, 5.41) is 0. The molecule has 1 aromatic carbocycles. The number of hydrogen-bond donors (Lipinski definition) is 0. The molecule has 3 nitrogen and oxygen atoms in total. The molecule has 1 aromatic rings. The van der Waals surface area contributed by atoms with Crippen molar-refractivity contribution in [1.29, 1.82) is 0 Å². The van der Waals surface area contributed by atoms with Gasteiger partial charge in [-0.2, -0.15) is 0 Å². The van der Waals surface area contributed by atoms with E-state index in [1.165, 1.54) is 12.1 Å². The summed E-state index contributed by atoms with van der Waals surface area (Å²) in [6.07, 6.45) is 0.495. The summed E-state index contributed by atoms with van der Waals surface area (Å²) >= 11 is 0. The number of hydrogen-bond acceptors (Lipinski definition) is 3. The van der Waals surface area contributed by atoms with Crippen LogP contribution in [0.3, 0.4) is 0 Å². The Balaban J connectivity index is 1.86. The van der Waals surface area contributed by atoms with Crippen LogP contribution in [0.15, 0.2) is 24.3 Å². The van der Waals surface area contributed by atoms with Gasteiger partial charge in [-0.1, -0.05) is 0 Å². The number of piperazine rings is 1. The Morgan fingerprint density at radius 1 is 1.20 bits per heavy atom. The van der Waals surface area contributed by atoms with Gasteiger partial charge >= 0.3 is 0 Å². The molecular weight excluding hydrogens is 255 g/mol. The van der Waals surface area contributed by atoms with Crippen molar-refractivity contribution in [3.8, 4) is 0 Å². The molecule has 0 spiro atoms. The minimum atomic E-state index is -0.303. The second-order valence-corrected chi connectivity index (χ2v) is 5.80. The zero-order chi connectivity index (χ0) is 14.7. The zero-order valence-corrected chi connectivity index (χ0v) is 12.5. The van der Waals surface area contributed by atoms with Gasteiger partial charge in [0.1, 0.15) is 5.82 Å². The summed E-state index contributed by atoms with van der Waals surface area (Å²) in [5.41, 5.74) is 0.599. The highest BCUT2D eigenvalue weighted by molar-refractivity contribution is 5.96. The fraction of sp³-hybridized carbons (Fsp3) is 0.562. The first-order chi connectivity index (χ1) is 9.47. The number of Topliss-reactive ketones (excluding diaryl/α,β-unsaturated/α-hetero) is 1. The van der Waals surface area contributed by atoms with Gasteiger partial charge in [0.05, 0.1) is 0 Å². The predicted octanol–water partition coefficient (Wildman–Crippen LogP) is 2.42. The molecule has 110 valence electrons. The molecule has 1 aliphatic rings. The Labute approximate surface area is 120 Å². The van der Waals surface area contributed by atoms with Crippen molar-refractivity contribution in [1.82, 2.24) is 9.80 Å². The summed E-state index contributed by atoms with van der Waals surface area (Å²) in [4.78, 5) is 16.8. The van der Waals surface area contributed by atoms with E-state index in [0.717, 1.165) is 19.6 Å². The molecule has 0 saturated carbocycles. The highest BCUT2D eigenvalue weighted by atomic mass is 19.1. The summed E-state index contributed by atoms with van der Waals surface area (Å²) in [6, 6.07) is 6.83. The molecule has 1 saturated heterocycles. The van der Waals surface area contributed by atoms with E-state index in [9.17, 15) is 9.18 Å². The Hall–Kier alpha value is -1.26. The molecule has 0 aliphatic carbocycles.